The van der Waals surface area contributed by atoms with Crippen LogP contribution in [0.4, 0.5) is 5.82 Å². The van der Waals surface area contributed by atoms with Gasteiger partial charge in [0, 0.05) is 15.9 Å². The van der Waals surface area contributed by atoms with Crippen LogP contribution in [-0.4, -0.2) is 9.97 Å². The molecule has 20 heavy (non-hydrogen) atoms. The van der Waals surface area contributed by atoms with Gasteiger partial charge in [0.2, 0.25) is 0 Å². The lowest BCUT2D eigenvalue weighted by atomic mass is 10.1. The largest absolute Gasteiger partial charge is 0.363 e. The van der Waals surface area contributed by atoms with Gasteiger partial charge in [-0.15, -0.1) is 0 Å². The van der Waals surface area contributed by atoms with Crippen molar-refractivity contribution < 1.29 is 0 Å². The average molecular weight is 328 g/mol. The molecule has 2 aromatic carbocycles. The topological polar surface area (TPSA) is 37.8 Å². The monoisotopic (exact) mass is 327 g/mol. The Morgan fingerprint density at radius 1 is 1.00 bits per heavy atom. The third-order valence-corrected chi connectivity index (χ3v) is 3.79. The van der Waals surface area contributed by atoms with E-state index >= 15 is 0 Å². The average Bonchev–Trinajstić information content (AvgIpc) is 2.48. The highest BCUT2D eigenvalue weighted by Gasteiger charge is 2.08. The zero-order valence-electron chi connectivity index (χ0n) is 11.0. The molecule has 0 saturated carbocycles. The number of hydrogen-bond donors (Lipinski definition) is 1. The minimum Gasteiger partial charge on any atom is -0.363 e. The van der Waals surface area contributed by atoms with Crippen LogP contribution < -0.4 is 5.32 Å². The second-order valence-corrected chi connectivity index (χ2v) is 5.57. The van der Waals surface area contributed by atoms with Crippen molar-refractivity contribution in [3.63, 3.8) is 0 Å². The summed E-state index contributed by atoms with van der Waals surface area (Å²) in [5, 5.41) is 4.49. The lowest BCUT2D eigenvalue weighted by Crippen LogP contribution is -2.08. The first-order valence-electron chi connectivity index (χ1n) is 6.46. The van der Waals surface area contributed by atoms with Crippen LogP contribution in [0.2, 0.25) is 0 Å². The number of rotatable bonds is 3. The Kier molecular flexibility index (Phi) is 3.65. The predicted octanol–water partition coefficient (Wildman–Crippen LogP) is 4.57. The molecular weight excluding hydrogens is 314 g/mol. The van der Waals surface area contributed by atoms with Crippen LogP contribution in [0.1, 0.15) is 18.5 Å². The molecule has 0 fully saturated rings. The minimum absolute atomic E-state index is 0.182. The van der Waals surface area contributed by atoms with E-state index in [2.05, 4.69) is 50.3 Å². The molecule has 3 aromatic rings. The van der Waals surface area contributed by atoms with Crippen molar-refractivity contribution in [1.82, 2.24) is 9.97 Å². The maximum Gasteiger partial charge on any atom is 0.137 e. The fraction of sp³-hybridized carbons (Fsp3) is 0.125. The van der Waals surface area contributed by atoms with Gasteiger partial charge < -0.3 is 5.32 Å². The van der Waals surface area contributed by atoms with E-state index in [1.165, 1.54) is 5.56 Å². The Hall–Kier alpha value is -1.94. The first-order valence-corrected chi connectivity index (χ1v) is 7.25. The maximum absolute atomic E-state index is 4.36. The highest BCUT2D eigenvalue weighted by Crippen LogP contribution is 2.24. The highest BCUT2D eigenvalue weighted by molar-refractivity contribution is 9.10. The van der Waals surface area contributed by atoms with E-state index in [-0.39, 0.29) is 6.04 Å². The summed E-state index contributed by atoms with van der Waals surface area (Å²) in [6.07, 6.45) is 1.60. The van der Waals surface area contributed by atoms with E-state index in [4.69, 9.17) is 0 Å². The Morgan fingerprint density at radius 3 is 2.55 bits per heavy atom. The molecule has 0 aliphatic rings. The molecule has 0 aliphatic carbocycles. The van der Waals surface area contributed by atoms with E-state index < -0.39 is 0 Å². The summed E-state index contributed by atoms with van der Waals surface area (Å²) in [4.78, 5) is 8.63. The molecule has 0 bridgehead atoms. The number of hydrogen-bond acceptors (Lipinski definition) is 3. The maximum atomic E-state index is 4.36. The van der Waals surface area contributed by atoms with Crippen molar-refractivity contribution in [2.45, 2.75) is 13.0 Å². The number of para-hydroxylation sites is 1. The number of aromatic nitrogens is 2. The van der Waals surface area contributed by atoms with Gasteiger partial charge in [-0.25, -0.2) is 9.97 Å². The Balaban J connectivity index is 1.91. The van der Waals surface area contributed by atoms with E-state index in [0.29, 0.717) is 0 Å². The zero-order chi connectivity index (χ0) is 13.9. The molecule has 3 nitrogen and oxygen atoms in total. The van der Waals surface area contributed by atoms with E-state index in [9.17, 15) is 0 Å². The Bertz CT molecular complexity index is 720. The second-order valence-electron chi connectivity index (χ2n) is 4.66. The van der Waals surface area contributed by atoms with Crippen molar-refractivity contribution in [3.05, 3.63) is 64.9 Å². The zero-order valence-corrected chi connectivity index (χ0v) is 12.6. The Labute approximate surface area is 126 Å². The van der Waals surface area contributed by atoms with E-state index in [1.807, 2.05) is 36.4 Å². The van der Waals surface area contributed by atoms with Crippen LogP contribution in [0, 0.1) is 0 Å². The predicted molar refractivity (Wildman–Crippen MR) is 85.7 cm³/mol. The summed E-state index contributed by atoms with van der Waals surface area (Å²) in [7, 11) is 0. The van der Waals surface area contributed by atoms with Crippen LogP contribution in [-0.2, 0) is 0 Å². The number of benzene rings is 2. The summed E-state index contributed by atoms with van der Waals surface area (Å²) in [5.74, 6) is 0.867. The van der Waals surface area contributed by atoms with Crippen molar-refractivity contribution in [3.8, 4) is 0 Å². The van der Waals surface area contributed by atoms with Gasteiger partial charge in [0.05, 0.1) is 5.52 Å². The van der Waals surface area contributed by atoms with Gasteiger partial charge >= 0.3 is 0 Å². The molecular formula is C16H14BrN3. The van der Waals surface area contributed by atoms with Crippen molar-refractivity contribution >= 4 is 32.7 Å². The lowest BCUT2D eigenvalue weighted by molar-refractivity contribution is 0.875. The van der Waals surface area contributed by atoms with Crippen molar-refractivity contribution in [1.29, 1.82) is 0 Å². The fourth-order valence-electron chi connectivity index (χ4n) is 2.16. The van der Waals surface area contributed by atoms with Gasteiger partial charge in [-0.05, 0) is 36.8 Å². The third kappa shape index (κ3) is 2.65. The number of halogens is 1. The highest BCUT2D eigenvalue weighted by atomic mass is 79.9. The van der Waals surface area contributed by atoms with Gasteiger partial charge in [0.15, 0.2) is 0 Å². The van der Waals surface area contributed by atoms with Gasteiger partial charge in [-0.1, -0.05) is 40.2 Å². The first kappa shape index (κ1) is 13.1. The van der Waals surface area contributed by atoms with E-state index in [1.54, 1.807) is 6.33 Å². The number of nitrogens with zero attached hydrogens (tertiary/aromatic N) is 2. The SMILES string of the molecule is C[C@@H](Nc1ncnc2ccccc12)c1ccc(Br)cc1. The van der Waals surface area contributed by atoms with Gasteiger partial charge in [0.25, 0.3) is 0 Å². The molecule has 3 rings (SSSR count). The molecule has 0 aliphatic heterocycles. The summed E-state index contributed by atoms with van der Waals surface area (Å²) in [5.41, 5.74) is 2.17. The summed E-state index contributed by atoms with van der Waals surface area (Å²) in [6.45, 7) is 2.13. The number of anilines is 1. The Morgan fingerprint density at radius 2 is 1.75 bits per heavy atom. The minimum atomic E-state index is 0.182. The molecule has 100 valence electrons. The normalized spacial score (nSPS) is 12.3. The molecule has 4 heteroatoms. The fourth-order valence-corrected chi connectivity index (χ4v) is 2.42. The van der Waals surface area contributed by atoms with Crippen LogP contribution in [0.5, 0.6) is 0 Å². The third-order valence-electron chi connectivity index (χ3n) is 3.27. The molecule has 0 radical (unpaired) electrons. The van der Waals surface area contributed by atoms with Crippen LogP contribution in [0.3, 0.4) is 0 Å². The van der Waals surface area contributed by atoms with Crippen LogP contribution in [0.25, 0.3) is 10.9 Å². The molecule has 0 saturated heterocycles. The van der Waals surface area contributed by atoms with Gasteiger partial charge in [0.1, 0.15) is 12.1 Å². The van der Waals surface area contributed by atoms with Gasteiger partial charge in [-0.2, -0.15) is 0 Å². The van der Waals surface area contributed by atoms with Crippen molar-refractivity contribution in [2.24, 2.45) is 0 Å². The second kappa shape index (κ2) is 5.59. The molecule has 0 unspecified atom stereocenters. The molecule has 0 amide bonds. The number of nitrogens with one attached hydrogen (secondary N) is 1. The summed E-state index contributed by atoms with van der Waals surface area (Å²) < 4.78 is 1.08. The standard InChI is InChI=1S/C16H14BrN3/c1-11(12-6-8-13(17)9-7-12)20-16-14-4-2-3-5-15(14)18-10-19-16/h2-11H,1H3,(H,18,19,20)/t11-/m1/s1. The smallest absolute Gasteiger partial charge is 0.137 e. The molecule has 1 N–H and O–H groups in total. The molecule has 1 atom stereocenters. The summed E-state index contributed by atoms with van der Waals surface area (Å²) >= 11 is 3.45. The lowest BCUT2D eigenvalue weighted by Gasteiger charge is -2.16. The van der Waals surface area contributed by atoms with Crippen LogP contribution >= 0.6 is 15.9 Å². The first-order chi connectivity index (χ1) is 9.74. The molecule has 1 heterocycles. The number of fused-ring (bicyclic) bond motifs is 1. The molecule has 0 spiro atoms. The van der Waals surface area contributed by atoms with Gasteiger partial charge in [-0.3, -0.25) is 0 Å². The van der Waals surface area contributed by atoms with Crippen molar-refractivity contribution in [2.75, 3.05) is 5.32 Å². The quantitative estimate of drug-likeness (QED) is 0.765. The van der Waals surface area contributed by atoms with E-state index in [0.717, 1.165) is 21.2 Å². The summed E-state index contributed by atoms with van der Waals surface area (Å²) in [6, 6.07) is 16.5. The molecule has 1 aromatic heterocycles. The van der Waals surface area contributed by atoms with Crippen LogP contribution in [0.15, 0.2) is 59.3 Å².